The van der Waals surface area contributed by atoms with Crippen molar-refractivity contribution in [1.29, 1.82) is 0 Å². The zero-order valence-electron chi connectivity index (χ0n) is 21.6. The Balaban J connectivity index is 1.56. The summed E-state index contributed by atoms with van der Waals surface area (Å²) in [6.07, 6.45) is 5.05. The Morgan fingerprint density at radius 2 is 1.84 bits per heavy atom. The van der Waals surface area contributed by atoms with Crippen LogP contribution in [0.25, 0.3) is 6.08 Å². The molecule has 0 saturated carbocycles. The van der Waals surface area contributed by atoms with Gasteiger partial charge in [-0.1, -0.05) is 49.6 Å². The number of carbonyl (C=O) groups is 2. The molecule has 1 aliphatic carbocycles. The average Bonchev–Trinajstić information content (AvgIpc) is 3.47. The second kappa shape index (κ2) is 12.0. The van der Waals surface area contributed by atoms with E-state index < -0.39 is 23.9 Å². The summed E-state index contributed by atoms with van der Waals surface area (Å²) in [5.74, 6) is -1.15. The number of hydrogen-bond acceptors (Lipinski definition) is 6. The summed E-state index contributed by atoms with van der Waals surface area (Å²) in [6.45, 7) is 3.63. The highest BCUT2D eigenvalue weighted by Gasteiger charge is 2.55. The maximum atomic E-state index is 13.5. The molecule has 0 radical (unpaired) electrons. The van der Waals surface area contributed by atoms with Crippen LogP contribution in [0.2, 0.25) is 0 Å². The topological polar surface area (TPSA) is 111 Å². The van der Waals surface area contributed by atoms with Gasteiger partial charge < -0.3 is 19.7 Å². The molecule has 4 rings (SSSR count). The molecule has 198 valence electrons. The molecule has 1 aromatic heterocycles. The molecular weight excluding hydrogens is 470 g/mol. The molecule has 1 aromatic carbocycles. The lowest BCUT2D eigenvalue weighted by molar-refractivity contribution is -0.123. The normalized spacial score (nSPS) is 23.1. The fourth-order valence-electron chi connectivity index (χ4n) is 5.96. The Hall–Kier alpha value is -3.00. The molecule has 37 heavy (non-hydrogen) atoms. The van der Waals surface area contributed by atoms with Gasteiger partial charge in [0.15, 0.2) is 0 Å². The minimum Gasteiger partial charge on any atom is -0.459 e. The molecule has 1 saturated heterocycles. The van der Waals surface area contributed by atoms with E-state index in [1.807, 2.05) is 25.1 Å². The molecule has 2 aromatic rings. The lowest BCUT2D eigenvalue weighted by Gasteiger charge is -2.36. The van der Waals surface area contributed by atoms with Crippen LogP contribution < -0.4 is 4.90 Å². The number of amides is 2. The molecule has 4 atom stereocenters. The highest BCUT2D eigenvalue weighted by Crippen LogP contribution is 2.48. The van der Waals surface area contributed by atoms with Crippen LogP contribution in [0.1, 0.15) is 63.9 Å². The van der Waals surface area contributed by atoms with E-state index in [4.69, 9.17) is 4.42 Å². The summed E-state index contributed by atoms with van der Waals surface area (Å²) >= 11 is 0. The van der Waals surface area contributed by atoms with Crippen LogP contribution >= 0.6 is 0 Å². The third-order valence-corrected chi connectivity index (χ3v) is 7.68. The molecule has 7 heteroatoms. The predicted molar refractivity (Wildman–Crippen MR) is 141 cm³/mol. The van der Waals surface area contributed by atoms with Crippen molar-refractivity contribution in [2.24, 2.45) is 17.8 Å². The maximum Gasteiger partial charge on any atom is 0.238 e. The van der Waals surface area contributed by atoms with Gasteiger partial charge in [0, 0.05) is 5.92 Å². The number of nitrogens with zero attached hydrogens (tertiary/aromatic N) is 1. The number of aliphatic hydroxyl groups is 3. The number of hydrogen-bond donors (Lipinski definition) is 3. The Morgan fingerprint density at radius 1 is 1.08 bits per heavy atom. The summed E-state index contributed by atoms with van der Waals surface area (Å²) in [6, 6.07) is 12.5. The van der Waals surface area contributed by atoms with Crippen LogP contribution in [0.15, 0.2) is 63.6 Å². The first kappa shape index (κ1) is 27.0. The van der Waals surface area contributed by atoms with Crippen LogP contribution in [-0.4, -0.2) is 39.8 Å². The minimum absolute atomic E-state index is 0.156. The molecule has 2 heterocycles. The van der Waals surface area contributed by atoms with Gasteiger partial charge in [-0.05, 0) is 68.0 Å². The van der Waals surface area contributed by atoms with E-state index in [1.54, 1.807) is 30.3 Å². The fraction of sp³-hybridized carbons (Fsp3) is 0.467. The fourth-order valence-corrected chi connectivity index (χ4v) is 5.96. The molecule has 1 fully saturated rings. The first-order valence-corrected chi connectivity index (χ1v) is 13.3. The lowest BCUT2D eigenvalue weighted by Crippen LogP contribution is -2.39. The van der Waals surface area contributed by atoms with Gasteiger partial charge in [0.1, 0.15) is 18.1 Å². The van der Waals surface area contributed by atoms with Gasteiger partial charge in [-0.25, -0.2) is 0 Å². The van der Waals surface area contributed by atoms with Crippen LogP contribution in [-0.2, 0) is 16.2 Å². The zero-order chi connectivity index (χ0) is 26.5. The number of allylic oxidation sites excluding steroid dienone is 2. The number of fused-ring (bicyclic) bond motifs is 1. The number of furan rings is 1. The monoisotopic (exact) mass is 507 g/mol. The van der Waals surface area contributed by atoms with Crippen molar-refractivity contribution in [2.75, 3.05) is 11.5 Å². The van der Waals surface area contributed by atoms with E-state index >= 15 is 0 Å². The van der Waals surface area contributed by atoms with Crippen LogP contribution in [0.3, 0.4) is 0 Å². The van der Waals surface area contributed by atoms with Gasteiger partial charge in [-0.15, -0.1) is 0 Å². The Labute approximate surface area is 218 Å². The summed E-state index contributed by atoms with van der Waals surface area (Å²) < 4.78 is 5.61. The zero-order valence-corrected chi connectivity index (χ0v) is 21.6. The molecule has 2 amide bonds. The van der Waals surface area contributed by atoms with E-state index in [1.165, 1.54) is 4.90 Å². The van der Waals surface area contributed by atoms with Crippen molar-refractivity contribution in [2.45, 2.75) is 65.1 Å². The van der Waals surface area contributed by atoms with Gasteiger partial charge in [0.05, 0.1) is 30.2 Å². The average molecular weight is 508 g/mol. The van der Waals surface area contributed by atoms with Gasteiger partial charge >= 0.3 is 0 Å². The van der Waals surface area contributed by atoms with E-state index in [0.717, 1.165) is 29.6 Å². The maximum absolute atomic E-state index is 13.5. The van der Waals surface area contributed by atoms with E-state index in [-0.39, 0.29) is 25.0 Å². The predicted octanol–water partition coefficient (Wildman–Crippen LogP) is 4.62. The second-order valence-electron chi connectivity index (χ2n) is 9.95. The third-order valence-electron chi connectivity index (χ3n) is 7.68. The summed E-state index contributed by atoms with van der Waals surface area (Å²) in [4.78, 5) is 28.1. The van der Waals surface area contributed by atoms with Gasteiger partial charge in [-0.2, -0.15) is 0 Å². The van der Waals surface area contributed by atoms with Crippen LogP contribution in [0, 0.1) is 17.8 Å². The minimum atomic E-state index is -0.827. The van der Waals surface area contributed by atoms with Gasteiger partial charge in [0.25, 0.3) is 0 Å². The van der Waals surface area contributed by atoms with Gasteiger partial charge in [-0.3, -0.25) is 14.5 Å². The molecule has 2 aliphatic rings. The number of para-hydroxylation sites is 1. The molecule has 7 nitrogen and oxygen atoms in total. The van der Waals surface area contributed by atoms with Crippen molar-refractivity contribution in [3.63, 3.8) is 0 Å². The first-order valence-electron chi connectivity index (χ1n) is 13.3. The van der Waals surface area contributed by atoms with Crippen molar-refractivity contribution in [3.8, 4) is 0 Å². The van der Waals surface area contributed by atoms with Crippen molar-refractivity contribution in [1.82, 2.24) is 0 Å². The number of aliphatic hydroxyl groups excluding tert-OH is 3. The van der Waals surface area contributed by atoms with E-state index in [0.29, 0.717) is 42.9 Å². The number of rotatable bonds is 11. The van der Waals surface area contributed by atoms with Crippen molar-refractivity contribution >= 4 is 23.6 Å². The Bertz CT molecular complexity index is 1160. The van der Waals surface area contributed by atoms with Crippen molar-refractivity contribution in [3.05, 3.63) is 70.7 Å². The molecule has 3 N–H and O–H groups in total. The van der Waals surface area contributed by atoms with Crippen LogP contribution in [0.5, 0.6) is 0 Å². The van der Waals surface area contributed by atoms with Gasteiger partial charge in [0.2, 0.25) is 11.8 Å². The summed E-state index contributed by atoms with van der Waals surface area (Å²) in [5, 5.41) is 31.1. The Morgan fingerprint density at radius 3 is 2.46 bits per heavy atom. The molecule has 0 spiro atoms. The highest BCUT2D eigenvalue weighted by atomic mass is 16.4. The smallest absolute Gasteiger partial charge is 0.238 e. The molecule has 0 bridgehead atoms. The standard InChI is InChI=1S/C30H37NO6/c1-3-8-19(15-22-12-13-23(17-32)37-22)11-14-26(34)27-20(4-2)16-24-28(25(27)18-33)30(36)31(29(24)35)21-9-6-5-7-10-21/h5-7,9-10,12-13,15,24-26,28,32-34H,3-4,8,11,14,16-18H2,1-2H3/b19-15+/t24-,25+,26-,28-/m1/s1. The number of benzene rings is 1. The number of imide groups is 1. The summed E-state index contributed by atoms with van der Waals surface area (Å²) in [5.41, 5.74) is 3.35. The van der Waals surface area contributed by atoms with Crippen molar-refractivity contribution < 1.29 is 29.3 Å². The second-order valence-corrected chi connectivity index (χ2v) is 9.95. The first-order chi connectivity index (χ1) is 17.9. The SMILES string of the molecule is CCC/C(=C\c1ccc(CO)o1)CC[C@@H](O)C1=C(CC)C[C@H]2C(=O)N(c3ccccc3)C(=O)[C@H]2[C@H]1CO. The van der Waals surface area contributed by atoms with E-state index in [9.17, 15) is 24.9 Å². The largest absolute Gasteiger partial charge is 0.459 e. The highest BCUT2D eigenvalue weighted by molar-refractivity contribution is 6.22. The third kappa shape index (κ3) is 5.49. The van der Waals surface area contributed by atoms with E-state index in [2.05, 4.69) is 6.92 Å². The van der Waals surface area contributed by atoms with Crippen LogP contribution in [0.4, 0.5) is 5.69 Å². The quantitative estimate of drug-likeness (QED) is 0.302. The molecular formula is C30H37NO6. The molecule has 0 unspecified atom stereocenters. The molecule has 1 aliphatic heterocycles. The lowest BCUT2D eigenvalue weighted by atomic mass is 9.67. The summed E-state index contributed by atoms with van der Waals surface area (Å²) in [7, 11) is 0. The number of carbonyl (C=O) groups excluding carboxylic acids is 2. The number of anilines is 1. The Kier molecular flexibility index (Phi) is 8.79.